The third kappa shape index (κ3) is 5.35. The number of hydrogen-bond donors (Lipinski definition) is 1. The van der Waals surface area contributed by atoms with Gasteiger partial charge in [-0.15, -0.1) is 0 Å². The largest absolute Gasteiger partial charge is 0.338 e. The number of halogens is 2. The van der Waals surface area contributed by atoms with Gasteiger partial charge in [-0.2, -0.15) is 10.2 Å². The second-order valence-electron chi connectivity index (χ2n) is 12.7. The summed E-state index contributed by atoms with van der Waals surface area (Å²) in [5.74, 6) is 0.890. The first-order chi connectivity index (χ1) is 20.9. The first kappa shape index (κ1) is 28.5. The minimum absolute atomic E-state index is 0.0172. The molecule has 5 heterocycles. The van der Waals surface area contributed by atoms with E-state index in [4.69, 9.17) is 5.10 Å². The normalized spacial score (nSPS) is 23.0. The maximum Gasteiger partial charge on any atom is 0.264 e. The molecule has 2 fully saturated rings. The van der Waals surface area contributed by atoms with E-state index in [-0.39, 0.29) is 11.5 Å². The molecule has 4 aliphatic rings. The predicted molar refractivity (Wildman–Crippen MR) is 162 cm³/mol. The molecule has 1 amide bonds. The molecule has 7 rings (SSSR count). The number of amides is 1. The quantitative estimate of drug-likeness (QED) is 0.467. The highest BCUT2D eigenvalue weighted by molar-refractivity contribution is 5.78. The summed E-state index contributed by atoms with van der Waals surface area (Å²) in [6.07, 6.45) is 7.81. The van der Waals surface area contributed by atoms with E-state index in [0.29, 0.717) is 42.8 Å². The Balaban J connectivity index is 1.25. The Kier molecular flexibility index (Phi) is 7.71. The summed E-state index contributed by atoms with van der Waals surface area (Å²) in [7, 11) is 1.80. The van der Waals surface area contributed by atoms with Gasteiger partial charge in [0.15, 0.2) is 5.82 Å². The molecule has 1 aromatic carbocycles. The lowest BCUT2D eigenvalue weighted by atomic mass is 9.89. The van der Waals surface area contributed by atoms with Crippen LogP contribution in [0, 0.1) is 0 Å². The summed E-state index contributed by atoms with van der Waals surface area (Å²) < 4.78 is 33.0. The van der Waals surface area contributed by atoms with Crippen LogP contribution in [-0.4, -0.2) is 80.6 Å². The lowest BCUT2D eigenvalue weighted by molar-refractivity contribution is -0.129. The zero-order chi connectivity index (χ0) is 29.7. The lowest BCUT2D eigenvalue weighted by Gasteiger charge is -2.39. The molecule has 0 radical (unpaired) electrons. The maximum atomic E-state index is 14.5. The molecule has 3 aliphatic heterocycles. The Morgan fingerprint density at radius 3 is 2.49 bits per heavy atom. The Labute approximate surface area is 251 Å². The van der Waals surface area contributed by atoms with Crippen molar-refractivity contribution in [3.63, 3.8) is 0 Å². The van der Waals surface area contributed by atoms with Gasteiger partial charge in [0.1, 0.15) is 0 Å². The predicted octanol–water partition coefficient (Wildman–Crippen LogP) is 4.60. The zero-order valence-electron chi connectivity index (χ0n) is 25.2. The summed E-state index contributed by atoms with van der Waals surface area (Å²) in [4.78, 5) is 19.2. The van der Waals surface area contributed by atoms with Gasteiger partial charge in [0, 0.05) is 100.0 Å². The summed E-state index contributed by atoms with van der Waals surface area (Å²) in [5.41, 5.74) is 5.41. The number of nitrogens with one attached hydrogen (secondary N) is 1. The molecule has 1 saturated carbocycles. The molecule has 2 aromatic heterocycles. The molecule has 230 valence electrons. The standard InChI is InChI=1S/C32H42F2N8O/c1-21(43)40-13-9-29-28(20-40)32(37-42(29)25-7-5-24(6-8-25)39-14-10-35-11-15-39)41-12-3-4-22-16-26(23-18-36-38(2)19-23)27(31(33)34)17-30(22)41/h16-19,24-25,31,35H,3-15,20H2,1-2H3. The molecule has 1 aliphatic carbocycles. The molecule has 11 heteroatoms. The van der Waals surface area contributed by atoms with Crippen molar-refractivity contribution in [2.75, 3.05) is 44.2 Å². The first-order valence-corrected chi connectivity index (χ1v) is 15.9. The average Bonchev–Trinajstić information content (AvgIpc) is 3.64. The minimum Gasteiger partial charge on any atom is -0.338 e. The van der Waals surface area contributed by atoms with E-state index in [9.17, 15) is 13.6 Å². The van der Waals surface area contributed by atoms with E-state index in [1.165, 1.54) is 5.69 Å². The molecule has 0 atom stereocenters. The van der Waals surface area contributed by atoms with Crippen LogP contribution in [0.5, 0.6) is 0 Å². The third-order valence-electron chi connectivity index (χ3n) is 10.1. The fraction of sp³-hybridized carbons (Fsp3) is 0.594. The van der Waals surface area contributed by atoms with Crippen LogP contribution in [0.3, 0.4) is 0 Å². The van der Waals surface area contributed by atoms with Crippen LogP contribution in [-0.2, 0) is 31.2 Å². The van der Waals surface area contributed by atoms with Crippen LogP contribution in [0.15, 0.2) is 24.5 Å². The van der Waals surface area contributed by atoms with E-state index < -0.39 is 6.43 Å². The van der Waals surface area contributed by atoms with Crippen molar-refractivity contribution in [1.29, 1.82) is 0 Å². The smallest absolute Gasteiger partial charge is 0.264 e. The highest BCUT2D eigenvalue weighted by atomic mass is 19.3. The van der Waals surface area contributed by atoms with Gasteiger partial charge in [-0.05, 0) is 61.8 Å². The van der Waals surface area contributed by atoms with E-state index in [1.807, 2.05) is 11.0 Å². The molecule has 1 saturated heterocycles. The number of carbonyl (C=O) groups is 1. The summed E-state index contributed by atoms with van der Waals surface area (Å²) in [6.45, 7) is 7.90. The van der Waals surface area contributed by atoms with Crippen LogP contribution in [0.4, 0.5) is 20.3 Å². The van der Waals surface area contributed by atoms with Crippen LogP contribution in [0.1, 0.15) is 73.9 Å². The van der Waals surface area contributed by atoms with Crippen molar-refractivity contribution in [3.05, 3.63) is 46.9 Å². The van der Waals surface area contributed by atoms with Crippen molar-refractivity contribution >= 4 is 17.4 Å². The molecule has 0 spiro atoms. The van der Waals surface area contributed by atoms with Crippen LogP contribution in [0.2, 0.25) is 0 Å². The van der Waals surface area contributed by atoms with E-state index in [0.717, 1.165) is 93.8 Å². The number of fused-ring (bicyclic) bond motifs is 2. The van der Waals surface area contributed by atoms with E-state index in [1.54, 1.807) is 37.1 Å². The number of nitrogens with zero attached hydrogens (tertiary/aromatic N) is 7. The van der Waals surface area contributed by atoms with Gasteiger partial charge < -0.3 is 15.1 Å². The highest BCUT2D eigenvalue weighted by Gasteiger charge is 2.35. The van der Waals surface area contributed by atoms with Gasteiger partial charge in [0.25, 0.3) is 6.43 Å². The van der Waals surface area contributed by atoms with E-state index >= 15 is 0 Å². The maximum absolute atomic E-state index is 14.5. The van der Waals surface area contributed by atoms with Crippen molar-refractivity contribution in [2.24, 2.45) is 7.05 Å². The number of alkyl halides is 2. The van der Waals surface area contributed by atoms with Crippen molar-refractivity contribution < 1.29 is 13.6 Å². The second kappa shape index (κ2) is 11.6. The number of piperazine rings is 1. The van der Waals surface area contributed by atoms with Gasteiger partial charge in [-0.3, -0.25) is 19.1 Å². The molecular formula is C32H42F2N8O. The summed E-state index contributed by atoms with van der Waals surface area (Å²) in [5, 5.41) is 13.0. The Hall–Kier alpha value is -3.31. The SMILES string of the molecule is CC(=O)N1CCc2c(c(N3CCCc4cc(-c5cnn(C)c5)c(C(F)F)cc43)nn2C2CCC(N3CCNCC3)CC2)C1. The fourth-order valence-corrected chi connectivity index (χ4v) is 7.79. The van der Waals surface area contributed by atoms with Gasteiger partial charge in [-0.1, -0.05) is 0 Å². The van der Waals surface area contributed by atoms with Crippen molar-refractivity contribution in [1.82, 2.24) is 34.7 Å². The number of rotatable bonds is 5. The van der Waals surface area contributed by atoms with Gasteiger partial charge in [0.2, 0.25) is 5.91 Å². The average molecular weight is 593 g/mol. The van der Waals surface area contributed by atoms with Gasteiger partial charge in [0.05, 0.1) is 18.8 Å². The Morgan fingerprint density at radius 1 is 1.02 bits per heavy atom. The lowest BCUT2D eigenvalue weighted by Crippen LogP contribution is -2.49. The van der Waals surface area contributed by atoms with Gasteiger partial charge >= 0.3 is 0 Å². The number of carbonyl (C=O) groups excluding carboxylic acids is 1. The van der Waals surface area contributed by atoms with E-state index in [2.05, 4.69) is 24.9 Å². The van der Waals surface area contributed by atoms with Crippen LogP contribution in [0.25, 0.3) is 11.1 Å². The number of anilines is 2. The van der Waals surface area contributed by atoms with Gasteiger partial charge in [-0.25, -0.2) is 8.78 Å². The Bertz CT molecular complexity index is 1480. The zero-order valence-corrected chi connectivity index (χ0v) is 25.2. The molecule has 0 bridgehead atoms. The topological polar surface area (TPSA) is 74.5 Å². The number of aromatic nitrogens is 4. The molecule has 3 aromatic rings. The molecular weight excluding hydrogens is 550 g/mol. The van der Waals surface area contributed by atoms with Crippen molar-refractivity contribution in [3.8, 4) is 11.1 Å². The molecule has 1 N–H and O–H groups in total. The third-order valence-corrected chi connectivity index (χ3v) is 10.1. The molecule has 0 unspecified atom stereocenters. The molecule has 43 heavy (non-hydrogen) atoms. The number of benzene rings is 1. The summed E-state index contributed by atoms with van der Waals surface area (Å²) in [6, 6.07) is 4.56. The van der Waals surface area contributed by atoms with Crippen molar-refractivity contribution in [2.45, 2.75) is 76.9 Å². The monoisotopic (exact) mass is 592 g/mol. The van der Waals surface area contributed by atoms with Crippen LogP contribution < -0.4 is 10.2 Å². The molecule has 9 nitrogen and oxygen atoms in total. The number of hydrogen-bond acceptors (Lipinski definition) is 6. The first-order valence-electron chi connectivity index (χ1n) is 15.9. The number of aryl methyl sites for hydroxylation is 2. The van der Waals surface area contributed by atoms with Crippen LogP contribution >= 0.6 is 0 Å². The minimum atomic E-state index is -2.62. The summed E-state index contributed by atoms with van der Waals surface area (Å²) >= 11 is 0. The fourth-order valence-electron chi connectivity index (χ4n) is 7.79. The highest BCUT2D eigenvalue weighted by Crippen LogP contribution is 2.44. The second-order valence-corrected chi connectivity index (χ2v) is 12.7. The Morgan fingerprint density at radius 2 is 1.79 bits per heavy atom.